The maximum Gasteiger partial charge on any atom is 0.194 e. The number of aromatic nitrogens is 3. The van der Waals surface area contributed by atoms with Gasteiger partial charge in [0.15, 0.2) is 17.5 Å². The first kappa shape index (κ1) is 20.0. The van der Waals surface area contributed by atoms with Gasteiger partial charge in [0.1, 0.15) is 12.2 Å². The van der Waals surface area contributed by atoms with E-state index in [1.165, 1.54) is 11.1 Å². The highest BCUT2D eigenvalue weighted by Crippen LogP contribution is 2.33. The zero-order chi connectivity index (χ0) is 19.9. The Bertz CT molecular complexity index is 817. The van der Waals surface area contributed by atoms with E-state index in [1.54, 1.807) is 20.5 Å². The molecule has 0 bridgehead atoms. The van der Waals surface area contributed by atoms with Gasteiger partial charge in [-0.1, -0.05) is 6.92 Å². The van der Waals surface area contributed by atoms with Crippen molar-refractivity contribution in [1.82, 2.24) is 25.0 Å². The Kier molecular flexibility index (Phi) is 6.73. The smallest absolute Gasteiger partial charge is 0.194 e. The lowest BCUT2D eigenvalue weighted by Gasteiger charge is -2.32. The van der Waals surface area contributed by atoms with Gasteiger partial charge < -0.3 is 24.3 Å². The Morgan fingerprint density at radius 1 is 1.18 bits per heavy atom. The van der Waals surface area contributed by atoms with Gasteiger partial charge in [0, 0.05) is 32.6 Å². The highest BCUT2D eigenvalue weighted by molar-refractivity contribution is 5.80. The average molecular weight is 387 g/mol. The zero-order valence-corrected chi connectivity index (χ0v) is 17.2. The van der Waals surface area contributed by atoms with Crippen molar-refractivity contribution in [3.05, 3.63) is 35.4 Å². The lowest BCUT2D eigenvalue weighted by molar-refractivity contribution is 0.346. The number of guanidine groups is 1. The zero-order valence-electron chi connectivity index (χ0n) is 17.2. The Morgan fingerprint density at radius 2 is 1.93 bits per heavy atom. The summed E-state index contributed by atoms with van der Waals surface area (Å²) in [4.78, 5) is 7.13. The molecule has 0 fully saturated rings. The Labute approximate surface area is 166 Å². The second-order valence-electron chi connectivity index (χ2n) is 6.68. The minimum absolute atomic E-state index is 0.683. The first-order valence-electron chi connectivity index (χ1n) is 9.83. The topological polar surface area (TPSA) is 76.8 Å². The number of aryl methyl sites for hydroxylation is 1. The molecule has 0 radical (unpaired) electrons. The van der Waals surface area contributed by atoms with Crippen LogP contribution in [-0.2, 0) is 25.9 Å². The van der Waals surface area contributed by atoms with Crippen LogP contribution in [0, 0.1) is 0 Å². The van der Waals surface area contributed by atoms with Crippen molar-refractivity contribution >= 4 is 5.96 Å². The van der Waals surface area contributed by atoms with Crippen LogP contribution in [0.25, 0.3) is 0 Å². The first-order valence-corrected chi connectivity index (χ1v) is 9.83. The molecular formula is C20H30N6O2. The van der Waals surface area contributed by atoms with Crippen LogP contribution in [-0.4, -0.2) is 59.5 Å². The van der Waals surface area contributed by atoms with E-state index in [0.29, 0.717) is 6.54 Å². The molecule has 0 aliphatic carbocycles. The van der Waals surface area contributed by atoms with Gasteiger partial charge in [-0.15, -0.1) is 10.2 Å². The molecule has 0 atom stereocenters. The number of methoxy groups -OCH3 is 2. The third-order valence-corrected chi connectivity index (χ3v) is 4.97. The van der Waals surface area contributed by atoms with Crippen LogP contribution in [0.5, 0.6) is 11.5 Å². The second-order valence-corrected chi connectivity index (χ2v) is 6.68. The van der Waals surface area contributed by atoms with Crippen molar-refractivity contribution in [2.45, 2.75) is 39.8 Å². The van der Waals surface area contributed by atoms with E-state index in [-0.39, 0.29) is 0 Å². The lowest BCUT2D eigenvalue weighted by Crippen LogP contribution is -2.44. The van der Waals surface area contributed by atoms with E-state index < -0.39 is 0 Å². The van der Waals surface area contributed by atoms with Crippen LogP contribution in [0.2, 0.25) is 0 Å². The maximum atomic E-state index is 5.47. The standard InChI is InChI=1S/C20H30N6O2/c1-5-19-24-23-14-26(19)10-8-22-20(21-6-2)25-9-7-15-11-17(27-3)18(28-4)12-16(15)13-25/h11-12,14H,5-10,13H2,1-4H3,(H,21,22). The molecule has 3 rings (SSSR count). The number of aliphatic imine (C=N–C) groups is 1. The summed E-state index contributed by atoms with van der Waals surface area (Å²) in [6, 6.07) is 4.17. The van der Waals surface area contributed by atoms with Crippen LogP contribution in [0.1, 0.15) is 30.8 Å². The van der Waals surface area contributed by atoms with Crippen LogP contribution < -0.4 is 14.8 Å². The molecule has 28 heavy (non-hydrogen) atoms. The van der Waals surface area contributed by atoms with Gasteiger partial charge in [-0.05, 0) is 36.6 Å². The third kappa shape index (κ3) is 4.37. The molecule has 0 unspecified atom stereocenters. The fraction of sp³-hybridized carbons (Fsp3) is 0.550. The van der Waals surface area contributed by atoms with E-state index >= 15 is 0 Å². The molecule has 0 amide bonds. The average Bonchev–Trinajstić information content (AvgIpc) is 3.19. The second kappa shape index (κ2) is 9.43. The molecule has 152 valence electrons. The highest BCUT2D eigenvalue weighted by atomic mass is 16.5. The predicted molar refractivity (Wildman–Crippen MR) is 109 cm³/mol. The number of rotatable bonds is 7. The van der Waals surface area contributed by atoms with Crippen LogP contribution >= 0.6 is 0 Å². The van der Waals surface area contributed by atoms with Crippen LogP contribution in [0.4, 0.5) is 0 Å². The monoisotopic (exact) mass is 386 g/mol. The van der Waals surface area contributed by atoms with E-state index in [0.717, 1.165) is 62.3 Å². The molecule has 1 aliphatic heterocycles. The van der Waals surface area contributed by atoms with Gasteiger partial charge in [-0.2, -0.15) is 0 Å². The molecule has 1 N–H and O–H groups in total. The van der Waals surface area contributed by atoms with E-state index in [9.17, 15) is 0 Å². The molecule has 1 aliphatic rings. The van der Waals surface area contributed by atoms with Gasteiger partial charge in [0.25, 0.3) is 0 Å². The summed E-state index contributed by atoms with van der Waals surface area (Å²) < 4.78 is 13.0. The highest BCUT2D eigenvalue weighted by Gasteiger charge is 2.21. The summed E-state index contributed by atoms with van der Waals surface area (Å²) in [7, 11) is 3.35. The number of hydrogen-bond acceptors (Lipinski definition) is 5. The van der Waals surface area contributed by atoms with Crippen molar-refractivity contribution in [3.63, 3.8) is 0 Å². The van der Waals surface area contributed by atoms with E-state index in [1.807, 2.05) is 0 Å². The van der Waals surface area contributed by atoms with Crippen LogP contribution in [0.15, 0.2) is 23.5 Å². The summed E-state index contributed by atoms with van der Waals surface area (Å²) in [5.74, 6) is 3.49. The molecule has 2 aromatic rings. The van der Waals surface area contributed by atoms with Crippen molar-refractivity contribution in [2.75, 3.05) is 33.9 Å². The van der Waals surface area contributed by atoms with E-state index in [4.69, 9.17) is 14.5 Å². The molecule has 0 saturated carbocycles. The number of benzene rings is 1. The van der Waals surface area contributed by atoms with Crippen molar-refractivity contribution < 1.29 is 9.47 Å². The Morgan fingerprint density at radius 3 is 2.61 bits per heavy atom. The summed E-state index contributed by atoms with van der Waals surface area (Å²) in [5.41, 5.74) is 2.56. The molecule has 2 heterocycles. The molecule has 0 spiro atoms. The molecule has 1 aromatic heterocycles. The summed E-state index contributed by atoms with van der Waals surface area (Å²) in [6.45, 7) is 8.19. The molecular weight excluding hydrogens is 356 g/mol. The fourth-order valence-electron chi connectivity index (χ4n) is 3.49. The van der Waals surface area contributed by atoms with Gasteiger partial charge in [-0.3, -0.25) is 4.99 Å². The Hall–Kier alpha value is -2.77. The fourth-order valence-corrected chi connectivity index (χ4v) is 3.49. The van der Waals surface area contributed by atoms with Crippen LogP contribution in [0.3, 0.4) is 0 Å². The minimum Gasteiger partial charge on any atom is -0.493 e. The van der Waals surface area contributed by atoms with Crippen molar-refractivity contribution in [3.8, 4) is 11.5 Å². The van der Waals surface area contributed by atoms with Crippen molar-refractivity contribution in [2.24, 2.45) is 4.99 Å². The molecule has 1 aromatic carbocycles. The molecule has 0 saturated heterocycles. The molecule has 8 heteroatoms. The number of nitrogens with zero attached hydrogens (tertiary/aromatic N) is 5. The van der Waals surface area contributed by atoms with Crippen molar-refractivity contribution in [1.29, 1.82) is 0 Å². The third-order valence-electron chi connectivity index (χ3n) is 4.97. The number of fused-ring (bicyclic) bond motifs is 1. The number of hydrogen-bond donors (Lipinski definition) is 1. The van der Waals surface area contributed by atoms with Gasteiger partial charge in [-0.25, -0.2) is 0 Å². The van der Waals surface area contributed by atoms with Gasteiger partial charge in [0.05, 0.1) is 20.8 Å². The largest absolute Gasteiger partial charge is 0.493 e. The quantitative estimate of drug-likeness (QED) is 0.578. The Balaban J connectivity index is 1.72. The van der Waals surface area contributed by atoms with E-state index in [2.05, 4.69) is 51.0 Å². The summed E-state index contributed by atoms with van der Waals surface area (Å²) in [5, 5.41) is 11.5. The minimum atomic E-state index is 0.683. The molecule has 8 nitrogen and oxygen atoms in total. The normalized spacial score (nSPS) is 14.0. The van der Waals surface area contributed by atoms with Gasteiger partial charge >= 0.3 is 0 Å². The number of nitrogens with one attached hydrogen (secondary N) is 1. The first-order chi connectivity index (χ1) is 13.7. The predicted octanol–water partition coefficient (Wildman–Crippen LogP) is 1.88. The lowest BCUT2D eigenvalue weighted by atomic mass is 9.99. The summed E-state index contributed by atoms with van der Waals surface area (Å²) in [6.07, 6.45) is 3.60. The number of ether oxygens (including phenoxy) is 2. The van der Waals surface area contributed by atoms with Gasteiger partial charge in [0.2, 0.25) is 0 Å². The summed E-state index contributed by atoms with van der Waals surface area (Å²) >= 11 is 0. The SMILES string of the molecule is CCNC(=NCCn1cnnc1CC)N1CCc2cc(OC)c(OC)cc2C1. The maximum absolute atomic E-state index is 5.47.